The van der Waals surface area contributed by atoms with Crippen molar-refractivity contribution in [2.24, 2.45) is 11.5 Å². The van der Waals surface area contributed by atoms with E-state index in [1.54, 1.807) is 54.3 Å². The monoisotopic (exact) mass is 480 g/mol. The number of hydrogen-bond acceptors (Lipinski definition) is 7. The molecule has 1 aromatic heterocycles. The average Bonchev–Trinajstić information content (AvgIpc) is 2.97. The number of amides is 3. The molecular formula is C23H21ClN6O4. The Hall–Kier alpha value is -4.18. The molecule has 3 amide bonds. The summed E-state index contributed by atoms with van der Waals surface area (Å²) in [5.41, 5.74) is 12.7. The third-order valence-corrected chi connectivity index (χ3v) is 5.45. The molecule has 0 saturated carbocycles. The van der Waals surface area contributed by atoms with Crippen LogP contribution in [0.4, 0.5) is 11.5 Å². The third kappa shape index (κ3) is 4.91. The van der Waals surface area contributed by atoms with E-state index in [1.807, 2.05) is 0 Å². The molecule has 0 bridgehead atoms. The van der Waals surface area contributed by atoms with Gasteiger partial charge in [-0.3, -0.25) is 14.4 Å². The number of nitrogens with two attached hydrogens (primary N) is 2. The lowest BCUT2D eigenvalue weighted by Gasteiger charge is -2.20. The van der Waals surface area contributed by atoms with Crippen molar-refractivity contribution in [2.75, 3.05) is 16.8 Å². The summed E-state index contributed by atoms with van der Waals surface area (Å²) in [5, 5.41) is 3.38. The first kappa shape index (κ1) is 23.0. The second-order valence-electron chi connectivity index (χ2n) is 7.66. The van der Waals surface area contributed by atoms with Crippen LogP contribution in [0.5, 0.6) is 5.75 Å². The molecule has 2 aromatic carbocycles. The average molecular weight is 481 g/mol. The SMILES string of the molecule is C[C@H](Nc1cc(C(N)=O)nc(-c2ccc(N3Cc4cc(Cl)ccc4OCC3=O)cc2)n1)C(N)=O. The molecule has 0 spiro atoms. The highest BCUT2D eigenvalue weighted by Gasteiger charge is 2.23. The Balaban J connectivity index is 1.64. The maximum absolute atomic E-state index is 12.7. The largest absolute Gasteiger partial charge is 0.483 e. The molecule has 1 aliphatic rings. The van der Waals surface area contributed by atoms with Crippen molar-refractivity contribution >= 4 is 40.8 Å². The molecule has 174 valence electrons. The van der Waals surface area contributed by atoms with Gasteiger partial charge in [0, 0.05) is 27.9 Å². The smallest absolute Gasteiger partial charge is 0.267 e. The fourth-order valence-electron chi connectivity index (χ4n) is 3.38. The van der Waals surface area contributed by atoms with Crippen LogP contribution in [0, 0.1) is 0 Å². The van der Waals surface area contributed by atoms with Gasteiger partial charge in [-0.25, -0.2) is 9.97 Å². The molecular weight excluding hydrogens is 460 g/mol. The number of benzene rings is 2. The summed E-state index contributed by atoms with van der Waals surface area (Å²) >= 11 is 6.11. The number of hydrogen-bond donors (Lipinski definition) is 3. The van der Waals surface area contributed by atoms with E-state index in [0.717, 1.165) is 5.56 Å². The van der Waals surface area contributed by atoms with Crippen molar-refractivity contribution < 1.29 is 19.1 Å². The third-order valence-electron chi connectivity index (χ3n) is 5.21. The molecule has 1 atom stereocenters. The summed E-state index contributed by atoms with van der Waals surface area (Å²) < 4.78 is 5.60. The second-order valence-corrected chi connectivity index (χ2v) is 8.10. The highest BCUT2D eigenvalue weighted by atomic mass is 35.5. The van der Waals surface area contributed by atoms with Crippen molar-refractivity contribution in [3.8, 4) is 17.1 Å². The number of fused-ring (bicyclic) bond motifs is 1. The number of ether oxygens (including phenoxy) is 1. The maximum Gasteiger partial charge on any atom is 0.267 e. The van der Waals surface area contributed by atoms with Gasteiger partial charge < -0.3 is 26.4 Å². The fraction of sp³-hybridized carbons (Fsp3) is 0.174. The number of carbonyl (C=O) groups is 3. The van der Waals surface area contributed by atoms with Crippen molar-refractivity contribution in [2.45, 2.75) is 19.5 Å². The summed E-state index contributed by atoms with van der Waals surface area (Å²) in [6, 6.07) is 12.8. The summed E-state index contributed by atoms with van der Waals surface area (Å²) in [6.45, 7) is 1.75. The van der Waals surface area contributed by atoms with Gasteiger partial charge in [-0.05, 0) is 49.4 Å². The zero-order chi connectivity index (χ0) is 24.4. The molecule has 3 aromatic rings. The van der Waals surface area contributed by atoms with Crippen LogP contribution in [0.2, 0.25) is 5.02 Å². The number of primary amides is 2. The Bertz CT molecular complexity index is 1280. The van der Waals surface area contributed by atoms with Crippen molar-refractivity contribution in [1.82, 2.24) is 9.97 Å². The molecule has 0 aliphatic carbocycles. The van der Waals surface area contributed by atoms with Gasteiger partial charge in [-0.1, -0.05) is 11.6 Å². The number of halogens is 1. The zero-order valence-electron chi connectivity index (χ0n) is 18.1. The van der Waals surface area contributed by atoms with Crippen LogP contribution < -0.4 is 26.4 Å². The maximum atomic E-state index is 12.7. The van der Waals surface area contributed by atoms with Crippen LogP contribution in [0.15, 0.2) is 48.5 Å². The molecule has 2 heterocycles. The van der Waals surface area contributed by atoms with Gasteiger partial charge in [-0.2, -0.15) is 0 Å². The molecule has 0 fully saturated rings. The van der Waals surface area contributed by atoms with E-state index in [1.165, 1.54) is 6.07 Å². The first-order valence-electron chi connectivity index (χ1n) is 10.3. The topological polar surface area (TPSA) is 154 Å². The Morgan fingerprint density at radius 3 is 2.53 bits per heavy atom. The van der Waals surface area contributed by atoms with Crippen LogP contribution in [0.3, 0.4) is 0 Å². The fourth-order valence-corrected chi connectivity index (χ4v) is 3.58. The van der Waals surface area contributed by atoms with E-state index < -0.39 is 17.9 Å². The summed E-state index contributed by atoms with van der Waals surface area (Å²) in [7, 11) is 0. The van der Waals surface area contributed by atoms with Crippen LogP contribution in [-0.4, -0.2) is 40.3 Å². The van der Waals surface area contributed by atoms with E-state index in [-0.39, 0.29) is 29.9 Å². The lowest BCUT2D eigenvalue weighted by molar-refractivity contribution is -0.120. The molecule has 11 heteroatoms. The Kier molecular flexibility index (Phi) is 6.33. The Morgan fingerprint density at radius 1 is 1.12 bits per heavy atom. The first-order chi connectivity index (χ1) is 16.2. The van der Waals surface area contributed by atoms with Gasteiger partial charge in [0.05, 0.1) is 6.54 Å². The van der Waals surface area contributed by atoms with Crippen molar-refractivity contribution in [3.63, 3.8) is 0 Å². The Labute approximate surface area is 199 Å². The van der Waals surface area contributed by atoms with Crippen LogP contribution >= 0.6 is 11.6 Å². The molecule has 34 heavy (non-hydrogen) atoms. The lowest BCUT2D eigenvalue weighted by atomic mass is 10.1. The van der Waals surface area contributed by atoms with Gasteiger partial charge in [0.15, 0.2) is 12.4 Å². The van der Waals surface area contributed by atoms with Crippen molar-refractivity contribution in [3.05, 3.63) is 64.8 Å². The quantitative estimate of drug-likeness (QED) is 0.488. The van der Waals surface area contributed by atoms with Gasteiger partial charge in [-0.15, -0.1) is 0 Å². The minimum absolute atomic E-state index is 0.0263. The molecule has 4 rings (SSSR count). The van der Waals surface area contributed by atoms with Crippen LogP contribution in [0.1, 0.15) is 23.0 Å². The Morgan fingerprint density at radius 2 is 1.85 bits per heavy atom. The van der Waals surface area contributed by atoms with E-state index in [4.69, 9.17) is 27.8 Å². The zero-order valence-corrected chi connectivity index (χ0v) is 18.9. The van der Waals surface area contributed by atoms with E-state index in [2.05, 4.69) is 15.3 Å². The molecule has 0 unspecified atom stereocenters. The summed E-state index contributed by atoms with van der Waals surface area (Å²) in [4.78, 5) is 46.0. The number of aromatic nitrogens is 2. The summed E-state index contributed by atoms with van der Waals surface area (Å²) in [5.74, 6) is -0.494. The number of rotatable bonds is 6. The highest BCUT2D eigenvalue weighted by Crippen LogP contribution is 2.30. The second kappa shape index (κ2) is 9.36. The predicted octanol–water partition coefficient (Wildman–Crippen LogP) is 2.11. The number of anilines is 2. The van der Waals surface area contributed by atoms with Gasteiger partial charge in [0.1, 0.15) is 23.3 Å². The molecule has 10 nitrogen and oxygen atoms in total. The minimum Gasteiger partial charge on any atom is -0.483 e. The minimum atomic E-state index is -0.748. The van der Waals surface area contributed by atoms with Gasteiger partial charge >= 0.3 is 0 Å². The van der Waals surface area contributed by atoms with Gasteiger partial charge in [0.2, 0.25) is 5.91 Å². The number of nitrogens with zero attached hydrogens (tertiary/aromatic N) is 3. The van der Waals surface area contributed by atoms with Crippen LogP contribution in [0.25, 0.3) is 11.4 Å². The van der Waals surface area contributed by atoms with Gasteiger partial charge in [0.25, 0.3) is 11.8 Å². The molecule has 0 saturated heterocycles. The normalized spacial score (nSPS) is 13.9. The molecule has 5 N–H and O–H groups in total. The van der Waals surface area contributed by atoms with E-state index >= 15 is 0 Å². The first-order valence-corrected chi connectivity index (χ1v) is 10.7. The van der Waals surface area contributed by atoms with E-state index in [9.17, 15) is 14.4 Å². The highest BCUT2D eigenvalue weighted by molar-refractivity contribution is 6.30. The number of nitrogens with one attached hydrogen (secondary N) is 1. The standard InChI is InChI=1S/C23H21ClN6O4/c1-12(21(25)32)27-19-9-17(22(26)33)28-23(29-19)13-2-5-16(6-3-13)30-10-14-8-15(24)4-7-18(14)34-11-20(30)31/h2-9,12H,10-11H2,1H3,(H2,25,32)(H2,26,33)(H,27,28,29)/t12-/m0/s1. The lowest BCUT2D eigenvalue weighted by Crippen LogP contribution is -2.33. The van der Waals surface area contributed by atoms with E-state index in [0.29, 0.717) is 28.6 Å². The molecule has 0 radical (unpaired) electrons. The van der Waals surface area contributed by atoms with Crippen LogP contribution in [-0.2, 0) is 16.1 Å². The predicted molar refractivity (Wildman–Crippen MR) is 126 cm³/mol. The molecule has 1 aliphatic heterocycles. The summed E-state index contributed by atoms with van der Waals surface area (Å²) in [6.07, 6.45) is 0. The van der Waals surface area contributed by atoms with Crippen molar-refractivity contribution in [1.29, 1.82) is 0 Å². The number of carbonyl (C=O) groups excluding carboxylic acids is 3.